The molecule has 0 unspecified atom stereocenters. The maximum absolute atomic E-state index is 5.64. The molecule has 0 aromatic rings. The Labute approximate surface area is 117 Å². The minimum atomic E-state index is 0.760. The molecule has 110 valence electrons. The Hall–Kier alpha value is -0.770. The van der Waals surface area contributed by atoms with Gasteiger partial charge in [-0.05, 0) is 44.4 Å². The summed E-state index contributed by atoms with van der Waals surface area (Å²) in [7, 11) is 0. The molecule has 1 aliphatic heterocycles. The quantitative estimate of drug-likeness (QED) is 0.455. The maximum atomic E-state index is 5.64. The molecule has 0 bridgehead atoms. The Bertz CT molecular complexity index is 281. The van der Waals surface area contributed by atoms with Crippen LogP contribution in [0.2, 0.25) is 0 Å². The van der Waals surface area contributed by atoms with Gasteiger partial charge in [0.05, 0.1) is 13.2 Å². The predicted octanol–water partition coefficient (Wildman–Crippen LogP) is 2.11. The summed E-state index contributed by atoms with van der Waals surface area (Å²) in [6.45, 7) is 10.2. The molecule has 1 heterocycles. The summed E-state index contributed by atoms with van der Waals surface area (Å²) in [4.78, 5) is 7.08. The van der Waals surface area contributed by atoms with Crippen LogP contribution in [-0.4, -0.2) is 50.3 Å². The molecule has 0 spiro atoms. The Kier molecular flexibility index (Phi) is 5.95. The number of nitrogens with one attached hydrogen (secondary N) is 1. The summed E-state index contributed by atoms with van der Waals surface area (Å²) >= 11 is 0. The molecule has 4 heteroatoms. The van der Waals surface area contributed by atoms with Crippen molar-refractivity contribution in [3.8, 4) is 0 Å². The summed E-state index contributed by atoms with van der Waals surface area (Å²) < 4.78 is 5.64. The topological polar surface area (TPSA) is 36.9 Å². The molecule has 1 N–H and O–H groups in total. The number of rotatable bonds is 6. The number of nitrogens with zero attached hydrogens (tertiary/aromatic N) is 2. The second kappa shape index (κ2) is 7.73. The van der Waals surface area contributed by atoms with Gasteiger partial charge in [0.25, 0.3) is 0 Å². The number of piperidine rings is 1. The first-order chi connectivity index (χ1) is 9.29. The van der Waals surface area contributed by atoms with Crippen LogP contribution in [0.5, 0.6) is 0 Å². The number of aliphatic imine (C=N–C) groups is 1. The molecule has 0 aromatic heterocycles. The first kappa shape index (κ1) is 14.6. The van der Waals surface area contributed by atoms with Gasteiger partial charge in [-0.1, -0.05) is 6.92 Å². The second-order valence-corrected chi connectivity index (χ2v) is 5.92. The minimum Gasteiger partial charge on any atom is -0.379 e. The Morgan fingerprint density at radius 1 is 1.26 bits per heavy atom. The lowest BCUT2D eigenvalue weighted by Gasteiger charge is -2.33. The van der Waals surface area contributed by atoms with E-state index in [2.05, 4.69) is 29.1 Å². The van der Waals surface area contributed by atoms with E-state index >= 15 is 0 Å². The molecule has 0 atom stereocenters. The Morgan fingerprint density at radius 2 is 2.00 bits per heavy atom. The van der Waals surface area contributed by atoms with Crippen LogP contribution in [0.4, 0.5) is 0 Å². The van der Waals surface area contributed by atoms with Crippen LogP contribution in [0.3, 0.4) is 0 Å². The molecule has 0 amide bonds. The van der Waals surface area contributed by atoms with Crippen molar-refractivity contribution >= 4 is 5.96 Å². The van der Waals surface area contributed by atoms with Crippen molar-refractivity contribution in [1.29, 1.82) is 0 Å². The molecule has 1 saturated carbocycles. The molecule has 0 aromatic carbocycles. The summed E-state index contributed by atoms with van der Waals surface area (Å²) in [5.41, 5.74) is 0. The van der Waals surface area contributed by atoms with Crippen molar-refractivity contribution in [2.45, 2.75) is 39.5 Å². The molecule has 0 radical (unpaired) electrons. The largest absolute Gasteiger partial charge is 0.379 e. The molecule has 2 aliphatic rings. The molecule has 1 saturated heterocycles. The normalized spacial score (nSPS) is 21.8. The van der Waals surface area contributed by atoms with Crippen molar-refractivity contribution in [2.75, 3.05) is 39.4 Å². The fraction of sp³-hybridized carbons (Fsp3) is 0.933. The molecule has 1 aliphatic carbocycles. The van der Waals surface area contributed by atoms with E-state index in [0.717, 1.165) is 57.2 Å². The number of hydrogen-bond acceptors (Lipinski definition) is 2. The molecule has 19 heavy (non-hydrogen) atoms. The monoisotopic (exact) mass is 267 g/mol. The van der Waals surface area contributed by atoms with Gasteiger partial charge in [0.1, 0.15) is 0 Å². The summed E-state index contributed by atoms with van der Waals surface area (Å²) in [5, 5.41) is 3.40. The first-order valence-electron chi connectivity index (χ1n) is 7.90. The van der Waals surface area contributed by atoms with E-state index in [1.807, 2.05) is 0 Å². The van der Waals surface area contributed by atoms with Gasteiger partial charge < -0.3 is 15.0 Å². The minimum absolute atomic E-state index is 0.760. The third kappa shape index (κ3) is 5.39. The molecule has 2 fully saturated rings. The lowest BCUT2D eigenvalue weighted by Crippen LogP contribution is -2.45. The van der Waals surface area contributed by atoms with E-state index in [9.17, 15) is 0 Å². The van der Waals surface area contributed by atoms with Crippen LogP contribution >= 0.6 is 0 Å². The fourth-order valence-corrected chi connectivity index (χ4v) is 2.40. The standard InChI is InChI=1S/C15H29N3O/c1-3-16-15(18-9-6-13(2)7-10-18)17-8-11-19-12-14-4-5-14/h13-14H,3-12H2,1-2H3,(H,16,17). The van der Waals surface area contributed by atoms with Gasteiger partial charge in [0, 0.05) is 26.2 Å². The van der Waals surface area contributed by atoms with E-state index in [0.29, 0.717) is 0 Å². The predicted molar refractivity (Wildman–Crippen MR) is 79.5 cm³/mol. The van der Waals surface area contributed by atoms with Gasteiger partial charge in [0.2, 0.25) is 0 Å². The molecule has 4 nitrogen and oxygen atoms in total. The Morgan fingerprint density at radius 3 is 2.63 bits per heavy atom. The van der Waals surface area contributed by atoms with Crippen molar-refractivity contribution < 1.29 is 4.74 Å². The number of ether oxygens (including phenoxy) is 1. The van der Waals surface area contributed by atoms with Gasteiger partial charge in [-0.15, -0.1) is 0 Å². The van der Waals surface area contributed by atoms with Crippen LogP contribution in [-0.2, 0) is 4.74 Å². The third-order valence-electron chi connectivity index (χ3n) is 3.97. The number of likely N-dealkylation sites (tertiary alicyclic amines) is 1. The fourth-order valence-electron chi connectivity index (χ4n) is 2.40. The highest BCUT2D eigenvalue weighted by Gasteiger charge is 2.21. The average molecular weight is 267 g/mol. The first-order valence-corrected chi connectivity index (χ1v) is 7.90. The number of guanidine groups is 1. The Balaban J connectivity index is 1.69. The van der Waals surface area contributed by atoms with Gasteiger partial charge in [-0.2, -0.15) is 0 Å². The zero-order chi connectivity index (χ0) is 13.5. The van der Waals surface area contributed by atoms with Crippen molar-refractivity contribution in [1.82, 2.24) is 10.2 Å². The van der Waals surface area contributed by atoms with E-state index in [1.54, 1.807) is 0 Å². The lowest BCUT2D eigenvalue weighted by atomic mass is 10.00. The van der Waals surface area contributed by atoms with Crippen LogP contribution in [0.1, 0.15) is 39.5 Å². The average Bonchev–Trinajstić information content (AvgIpc) is 3.22. The highest BCUT2D eigenvalue weighted by Crippen LogP contribution is 2.28. The summed E-state index contributed by atoms with van der Waals surface area (Å²) in [5.74, 6) is 2.78. The smallest absolute Gasteiger partial charge is 0.193 e. The van der Waals surface area contributed by atoms with Gasteiger partial charge in [0.15, 0.2) is 5.96 Å². The van der Waals surface area contributed by atoms with Gasteiger partial charge in [-0.25, -0.2) is 0 Å². The van der Waals surface area contributed by atoms with E-state index in [-0.39, 0.29) is 0 Å². The van der Waals surface area contributed by atoms with Crippen LogP contribution in [0, 0.1) is 11.8 Å². The zero-order valence-electron chi connectivity index (χ0n) is 12.5. The number of hydrogen-bond donors (Lipinski definition) is 1. The molecular weight excluding hydrogens is 238 g/mol. The van der Waals surface area contributed by atoms with Crippen LogP contribution in [0.15, 0.2) is 4.99 Å². The van der Waals surface area contributed by atoms with Crippen molar-refractivity contribution in [3.05, 3.63) is 0 Å². The van der Waals surface area contributed by atoms with E-state index < -0.39 is 0 Å². The lowest BCUT2D eigenvalue weighted by molar-refractivity contribution is 0.131. The van der Waals surface area contributed by atoms with E-state index in [4.69, 9.17) is 4.74 Å². The summed E-state index contributed by atoms with van der Waals surface area (Å²) in [6.07, 6.45) is 5.28. The van der Waals surface area contributed by atoms with Gasteiger partial charge >= 0.3 is 0 Å². The SMILES string of the molecule is CCNC(=NCCOCC1CC1)N1CCC(C)CC1. The van der Waals surface area contributed by atoms with E-state index in [1.165, 1.54) is 25.7 Å². The second-order valence-electron chi connectivity index (χ2n) is 5.92. The highest BCUT2D eigenvalue weighted by atomic mass is 16.5. The summed E-state index contributed by atoms with van der Waals surface area (Å²) in [6, 6.07) is 0. The molecule has 2 rings (SSSR count). The third-order valence-corrected chi connectivity index (χ3v) is 3.97. The van der Waals surface area contributed by atoms with Crippen LogP contribution in [0.25, 0.3) is 0 Å². The van der Waals surface area contributed by atoms with Gasteiger partial charge in [-0.3, -0.25) is 4.99 Å². The maximum Gasteiger partial charge on any atom is 0.193 e. The van der Waals surface area contributed by atoms with Crippen molar-refractivity contribution in [3.63, 3.8) is 0 Å². The van der Waals surface area contributed by atoms with Crippen molar-refractivity contribution in [2.24, 2.45) is 16.8 Å². The highest BCUT2D eigenvalue weighted by molar-refractivity contribution is 5.80. The zero-order valence-corrected chi connectivity index (χ0v) is 12.5. The van der Waals surface area contributed by atoms with Crippen LogP contribution < -0.4 is 5.32 Å². The molecular formula is C15H29N3O.